The molecule has 0 bridgehead atoms. The molecule has 1 heterocycles. The van der Waals surface area contributed by atoms with Crippen molar-refractivity contribution in [3.05, 3.63) is 12.4 Å². The SMILES string of the molecule is C[C@]12CC[C@H]3[C@@H](CC[C@H]4C[C@](O)(C(F)F)CC[C@@H]43)[C@@H]1CC[C@@H]2C(=O)Cn1nccn1. The molecular weight excluding hydrogens is 388 g/mol. The minimum Gasteiger partial charge on any atom is -0.384 e. The van der Waals surface area contributed by atoms with E-state index in [1.54, 1.807) is 12.4 Å². The van der Waals surface area contributed by atoms with Crippen LogP contribution in [-0.2, 0) is 11.3 Å². The van der Waals surface area contributed by atoms with Crippen LogP contribution in [0.5, 0.6) is 0 Å². The predicted molar refractivity (Wildman–Crippen MR) is 107 cm³/mol. The monoisotopic (exact) mass is 421 g/mol. The molecular formula is C23H33F2N3O2. The molecule has 30 heavy (non-hydrogen) atoms. The third-order valence-corrected chi connectivity index (χ3v) is 9.60. The molecule has 7 heteroatoms. The highest BCUT2D eigenvalue weighted by molar-refractivity contribution is 5.81. The second-order valence-electron chi connectivity index (χ2n) is 10.8. The molecule has 0 unspecified atom stereocenters. The number of aliphatic hydroxyl groups is 1. The molecule has 8 atom stereocenters. The number of fused-ring (bicyclic) bond motifs is 5. The zero-order valence-electron chi connectivity index (χ0n) is 17.7. The molecule has 0 aromatic carbocycles. The first-order chi connectivity index (χ1) is 14.3. The quantitative estimate of drug-likeness (QED) is 0.794. The van der Waals surface area contributed by atoms with Crippen LogP contribution in [-0.4, -0.2) is 37.9 Å². The molecule has 166 valence electrons. The second-order valence-corrected chi connectivity index (χ2v) is 10.8. The summed E-state index contributed by atoms with van der Waals surface area (Å²) in [6.45, 7) is 2.58. The summed E-state index contributed by atoms with van der Waals surface area (Å²) in [6, 6.07) is 0. The number of rotatable bonds is 4. The molecule has 0 saturated heterocycles. The van der Waals surface area contributed by atoms with Gasteiger partial charge in [0.15, 0.2) is 5.78 Å². The highest BCUT2D eigenvalue weighted by atomic mass is 19.3. The maximum absolute atomic E-state index is 13.4. The predicted octanol–water partition coefficient (Wildman–Crippen LogP) is 4.11. The van der Waals surface area contributed by atoms with E-state index in [4.69, 9.17) is 0 Å². The molecule has 5 nitrogen and oxygen atoms in total. The molecule has 0 amide bonds. The molecule has 0 spiro atoms. The van der Waals surface area contributed by atoms with Crippen LogP contribution in [0.25, 0.3) is 0 Å². The van der Waals surface area contributed by atoms with E-state index in [2.05, 4.69) is 17.1 Å². The number of halogens is 2. The molecule has 0 radical (unpaired) electrons. The van der Waals surface area contributed by atoms with Gasteiger partial charge < -0.3 is 5.11 Å². The van der Waals surface area contributed by atoms with Gasteiger partial charge >= 0.3 is 0 Å². The van der Waals surface area contributed by atoms with Crippen LogP contribution < -0.4 is 0 Å². The molecule has 1 N–H and O–H groups in total. The Bertz CT molecular complexity index is 787. The van der Waals surface area contributed by atoms with Gasteiger partial charge in [-0.3, -0.25) is 4.79 Å². The Morgan fingerprint density at radius 2 is 1.80 bits per heavy atom. The van der Waals surface area contributed by atoms with E-state index in [1.165, 1.54) is 4.80 Å². The van der Waals surface area contributed by atoms with Crippen molar-refractivity contribution in [2.75, 3.05) is 0 Å². The zero-order chi connectivity index (χ0) is 21.1. The summed E-state index contributed by atoms with van der Waals surface area (Å²) in [5, 5.41) is 18.6. The zero-order valence-corrected chi connectivity index (χ0v) is 17.7. The molecule has 4 aliphatic rings. The molecule has 1 aromatic heterocycles. The number of ketones is 1. The largest absolute Gasteiger partial charge is 0.384 e. The second kappa shape index (κ2) is 7.35. The lowest BCUT2D eigenvalue weighted by atomic mass is 9.49. The number of hydrogen-bond acceptors (Lipinski definition) is 4. The van der Waals surface area contributed by atoms with Crippen LogP contribution in [0.4, 0.5) is 8.78 Å². The Morgan fingerprint density at radius 1 is 1.07 bits per heavy atom. The van der Waals surface area contributed by atoms with Crippen molar-refractivity contribution in [1.82, 2.24) is 15.0 Å². The van der Waals surface area contributed by atoms with Gasteiger partial charge in [-0.25, -0.2) is 8.78 Å². The van der Waals surface area contributed by atoms with Crippen molar-refractivity contribution in [1.29, 1.82) is 0 Å². The molecule has 0 aliphatic heterocycles. The van der Waals surface area contributed by atoms with Crippen LogP contribution in [0.1, 0.15) is 64.7 Å². The normalized spacial score (nSPS) is 45.6. The number of carbonyl (C=O) groups excluding carboxylic acids is 1. The Hall–Kier alpha value is -1.37. The van der Waals surface area contributed by atoms with E-state index in [9.17, 15) is 18.7 Å². The summed E-state index contributed by atoms with van der Waals surface area (Å²) in [7, 11) is 0. The van der Waals surface area contributed by atoms with Gasteiger partial charge in [-0.15, -0.1) is 0 Å². The van der Waals surface area contributed by atoms with Crippen molar-refractivity contribution in [3.8, 4) is 0 Å². The van der Waals surface area contributed by atoms with E-state index >= 15 is 0 Å². The van der Waals surface area contributed by atoms with Gasteiger partial charge in [0.05, 0.1) is 12.4 Å². The van der Waals surface area contributed by atoms with Crippen molar-refractivity contribution in [3.63, 3.8) is 0 Å². The minimum absolute atomic E-state index is 0.0383. The maximum atomic E-state index is 13.4. The fourth-order valence-electron chi connectivity index (χ4n) is 8.21. The van der Waals surface area contributed by atoms with E-state index in [-0.39, 0.29) is 42.4 Å². The third kappa shape index (κ3) is 3.14. The van der Waals surface area contributed by atoms with Crippen LogP contribution >= 0.6 is 0 Å². The van der Waals surface area contributed by atoms with Crippen molar-refractivity contribution >= 4 is 5.78 Å². The fraction of sp³-hybridized carbons (Fsp3) is 0.870. The van der Waals surface area contributed by atoms with Gasteiger partial charge in [0.2, 0.25) is 0 Å². The average molecular weight is 422 g/mol. The lowest BCUT2D eigenvalue weighted by Crippen LogP contribution is -2.53. The van der Waals surface area contributed by atoms with Crippen LogP contribution in [0.2, 0.25) is 0 Å². The average Bonchev–Trinajstić information content (AvgIpc) is 3.34. The molecule has 4 aliphatic carbocycles. The number of carbonyl (C=O) groups is 1. The van der Waals surface area contributed by atoms with Gasteiger partial charge in [-0.05, 0) is 92.8 Å². The van der Waals surface area contributed by atoms with Gasteiger partial charge in [-0.1, -0.05) is 6.92 Å². The summed E-state index contributed by atoms with van der Waals surface area (Å²) in [6.07, 6.45) is 7.98. The first-order valence-corrected chi connectivity index (χ1v) is 11.7. The number of nitrogens with zero attached hydrogens (tertiary/aromatic N) is 3. The fourth-order valence-corrected chi connectivity index (χ4v) is 8.21. The molecule has 1 aromatic rings. The van der Waals surface area contributed by atoms with E-state index in [1.807, 2.05) is 0 Å². The first kappa shape index (κ1) is 20.5. The number of aromatic nitrogens is 3. The Balaban J connectivity index is 1.30. The van der Waals surface area contributed by atoms with Gasteiger partial charge in [0, 0.05) is 5.92 Å². The molecule has 4 fully saturated rings. The number of Topliss-reactive ketones (excluding diaryl/α,β-unsaturated/α-hetero) is 1. The lowest BCUT2D eigenvalue weighted by molar-refractivity contribution is -0.160. The molecule has 5 rings (SSSR count). The first-order valence-electron chi connectivity index (χ1n) is 11.7. The summed E-state index contributed by atoms with van der Waals surface area (Å²) in [5.74, 6) is 2.75. The van der Waals surface area contributed by atoms with Crippen molar-refractivity contribution < 1.29 is 18.7 Å². The van der Waals surface area contributed by atoms with Crippen LogP contribution in [0, 0.1) is 40.9 Å². The Labute approximate surface area is 176 Å². The highest BCUT2D eigenvalue weighted by Crippen LogP contribution is 2.64. The van der Waals surface area contributed by atoms with Crippen LogP contribution in [0.3, 0.4) is 0 Å². The number of alkyl halides is 2. The van der Waals surface area contributed by atoms with E-state index in [0.29, 0.717) is 23.7 Å². The van der Waals surface area contributed by atoms with Gasteiger partial charge in [0.25, 0.3) is 6.43 Å². The topological polar surface area (TPSA) is 68.0 Å². The standard InChI is InChI=1S/C23H33F2N3O2/c1-22-8-6-16-15-7-9-23(30,21(24)25)12-14(15)2-3-17(16)18(22)4-5-19(22)20(29)13-28-26-10-11-27-28/h10-11,14-19,21,30H,2-9,12-13H2,1H3/t14-,15-,16+,17+,18-,19+,22-,23-/m0/s1. The van der Waals surface area contributed by atoms with Crippen molar-refractivity contribution in [2.45, 2.75) is 83.3 Å². The van der Waals surface area contributed by atoms with Crippen LogP contribution in [0.15, 0.2) is 12.4 Å². The minimum atomic E-state index is -2.64. The van der Waals surface area contributed by atoms with E-state index < -0.39 is 12.0 Å². The highest BCUT2D eigenvalue weighted by Gasteiger charge is 2.59. The van der Waals surface area contributed by atoms with Crippen molar-refractivity contribution in [2.24, 2.45) is 40.9 Å². The maximum Gasteiger partial charge on any atom is 0.266 e. The summed E-state index contributed by atoms with van der Waals surface area (Å²) in [4.78, 5) is 14.6. The summed E-state index contributed by atoms with van der Waals surface area (Å²) >= 11 is 0. The van der Waals surface area contributed by atoms with Gasteiger partial charge in [-0.2, -0.15) is 15.0 Å². The smallest absolute Gasteiger partial charge is 0.266 e. The number of hydrogen-bond donors (Lipinski definition) is 1. The van der Waals surface area contributed by atoms with Gasteiger partial charge in [0.1, 0.15) is 12.1 Å². The Morgan fingerprint density at radius 3 is 2.53 bits per heavy atom. The summed E-state index contributed by atoms with van der Waals surface area (Å²) < 4.78 is 26.8. The summed E-state index contributed by atoms with van der Waals surface area (Å²) in [5.41, 5.74) is -1.74. The Kier molecular flexibility index (Phi) is 5.03. The van der Waals surface area contributed by atoms with E-state index in [0.717, 1.165) is 44.9 Å². The lowest BCUT2D eigenvalue weighted by Gasteiger charge is -2.57. The third-order valence-electron chi connectivity index (χ3n) is 9.60. The molecule has 4 saturated carbocycles.